The summed E-state index contributed by atoms with van der Waals surface area (Å²) in [6.45, 7) is 17.0. The van der Waals surface area contributed by atoms with Crippen LogP contribution < -0.4 is 0 Å². The summed E-state index contributed by atoms with van der Waals surface area (Å²) in [6, 6.07) is 10.7. The normalized spacial score (nSPS) is 21.7. The number of benzene rings is 2. The minimum atomic E-state index is -0.310. The maximum Gasteiger partial charge on any atom is 0.193 e. The molecular weight excluding hydrogens is 320 g/mol. The number of fused-ring (bicyclic) bond motifs is 4. The van der Waals surface area contributed by atoms with Crippen molar-refractivity contribution in [2.24, 2.45) is 5.41 Å². The molecule has 2 nitrogen and oxygen atoms in total. The largest absolute Gasteiger partial charge is 0.489 e. The van der Waals surface area contributed by atoms with Gasteiger partial charge in [-0.25, -0.2) is 0 Å². The van der Waals surface area contributed by atoms with Crippen LogP contribution in [0.15, 0.2) is 42.5 Å². The second kappa shape index (κ2) is 5.09. The van der Waals surface area contributed by atoms with Gasteiger partial charge in [0.1, 0.15) is 11.9 Å². The van der Waals surface area contributed by atoms with Crippen LogP contribution in [0.4, 0.5) is 0 Å². The zero-order valence-electron chi connectivity index (χ0n) is 16.5. The van der Waals surface area contributed by atoms with E-state index < -0.39 is 0 Å². The van der Waals surface area contributed by atoms with Crippen LogP contribution in [0.5, 0.6) is 0 Å². The summed E-state index contributed by atoms with van der Waals surface area (Å²) < 4.78 is 6.19. The van der Waals surface area contributed by atoms with E-state index in [2.05, 4.69) is 71.5 Å². The Labute approximate surface area is 155 Å². The van der Waals surface area contributed by atoms with Gasteiger partial charge < -0.3 is 4.74 Å². The van der Waals surface area contributed by atoms with Crippen molar-refractivity contribution in [1.29, 1.82) is 0 Å². The fourth-order valence-corrected chi connectivity index (χ4v) is 4.04. The van der Waals surface area contributed by atoms with Gasteiger partial charge in [0.25, 0.3) is 0 Å². The van der Waals surface area contributed by atoms with Crippen molar-refractivity contribution < 1.29 is 9.53 Å². The molecule has 26 heavy (non-hydrogen) atoms. The van der Waals surface area contributed by atoms with Crippen molar-refractivity contribution in [3.8, 4) is 0 Å². The third-order valence-electron chi connectivity index (χ3n) is 6.12. The van der Waals surface area contributed by atoms with E-state index in [9.17, 15) is 4.79 Å². The fraction of sp³-hybridized carbons (Fsp3) is 0.375. The maximum atomic E-state index is 13.2. The highest BCUT2D eigenvalue weighted by molar-refractivity contribution is 6.35. The predicted octanol–water partition coefficient (Wildman–Crippen LogP) is 5.89. The summed E-state index contributed by atoms with van der Waals surface area (Å²) >= 11 is 0. The second-order valence-electron chi connectivity index (χ2n) is 9.17. The van der Waals surface area contributed by atoms with Gasteiger partial charge in [-0.1, -0.05) is 59.4 Å². The zero-order valence-corrected chi connectivity index (χ0v) is 16.5. The van der Waals surface area contributed by atoms with Crippen LogP contribution in [0.2, 0.25) is 0 Å². The Morgan fingerprint density at radius 3 is 2.42 bits per heavy atom. The van der Waals surface area contributed by atoms with Gasteiger partial charge in [0, 0.05) is 22.1 Å². The number of Topliss-reactive ketones (excluding diaryl/α,β-unsaturated/α-hetero) is 1. The van der Waals surface area contributed by atoms with Crippen LogP contribution in [-0.4, -0.2) is 11.9 Å². The molecule has 0 spiro atoms. The Morgan fingerprint density at radius 2 is 1.77 bits per heavy atom. The highest BCUT2D eigenvalue weighted by atomic mass is 16.5. The van der Waals surface area contributed by atoms with Crippen molar-refractivity contribution in [3.05, 3.63) is 59.2 Å². The number of ketones is 1. The summed E-state index contributed by atoms with van der Waals surface area (Å²) in [5.74, 6) is 0.772. The first kappa shape index (κ1) is 17.1. The topological polar surface area (TPSA) is 26.3 Å². The molecule has 0 aromatic heterocycles. The third kappa shape index (κ3) is 2.14. The van der Waals surface area contributed by atoms with Crippen molar-refractivity contribution in [3.63, 3.8) is 0 Å². The summed E-state index contributed by atoms with van der Waals surface area (Å²) in [4.78, 5) is 13.2. The van der Waals surface area contributed by atoms with E-state index in [1.54, 1.807) is 0 Å². The summed E-state index contributed by atoms with van der Waals surface area (Å²) in [7, 11) is 0. The Hall–Kier alpha value is -2.35. The number of allylic oxidation sites excluding steroid dienone is 1. The molecule has 0 saturated carbocycles. The molecule has 0 radical (unpaired) electrons. The minimum Gasteiger partial charge on any atom is -0.489 e. The molecule has 0 bridgehead atoms. The predicted molar refractivity (Wildman–Crippen MR) is 108 cm³/mol. The molecule has 1 unspecified atom stereocenters. The molecule has 1 aliphatic heterocycles. The average Bonchev–Trinajstić information content (AvgIpc) is 2.80. The first-order chi connectivity index (χ1) is 12.0. The number of hydrogen-bond acceptors (Lipinski definition) is 2. The van der Waals surface area contributed by atoms with Crippen molar-refractivity contribution >= 4 is 27.9 Å². The number of carbonyl (C=O) groups is 1. The Bertz CT molecular complexity index is 1010. The van der Waals surface area contributed by atoms with Gasteiger partial charge in [-0.2, -0.15) is 0 Å². The molecule has 0 N–H and O–H groups in total. The van der Waals surface area contributed by atoms with E-state index in [1.807, 2.05) is 6.92 Å². The first-order valence-corrected chi connectivity index (χ1v) is 9.26. The molecule has 0 saturated heterocycles. The highest BCUT2D eigenvalue weighted by Gasteiger charge is 2.48. The van der Waals surface area contributed by atoms with Crippen LogP contribution in [-0.2, 0) is 14.9 Å². The fourth-order valence-electron chi connectivity index (χ4n) is 4.04. The monoisotopic (exact) mass is 346 g/mol. The molecule has 1 heterocycles. The SMILES string of the molecule is C=C1C(=O)C2=C(OC(C)C2(C)C)c2ccc3ccc(C(C)(C)C)cc3c21. The van der Waals surface area contributed by atoms with Crippen LogP contribution in [0.3, 0.4) is 0 Å². The van der Waals surface area contributed by atoms with E-state index in [1.165, 1.54) is 5.56 Å². The lowest BCUT2D eigenvalue weighted by atomic mass is 9.72. The van der Waals surface area contributed by atoms with Crippen molar-refractivity contribution in [1.82, 2.24) is 0 Å². The van der Waals surface area contributed by atoms with Crippen LogP contribution >= 0.6 is 0 Å². The molecule has 2 aliphatic rings. The molecule has 2 aromatic carbocycles. The van der Waals surface area contributed by atoms with Gasteiger partial charge in [0.15, 0.2) is 5.78 Å². The van der Waals surface area contributed by atoms with Crippen LogP contribution in [0, 0.1) is 5.41 Å². The molecule has 0 amide bonds. The lowest BCUT2D eigenvalue weighted by Crippen LogP contribution is -2.28. The highest BCUT2D eigenvalue weighted by Crippen LogP contribution is 2.52. The number of ether oxygens (including phenoxy) is 1. The quantitative estimate of drug-likeness (QED) is 0.556. The number of hydrogen-bond donors (Lipinski definition) is 0. The Balaban J connectivity index is 2.06. The molecule has 2 aromatic rings. The molecule has 134 valence electrons. The number of rotatable bonds is 0. The van der Waals surface area contributed by atoms with Crippen LogP contribution in [0.1, 0.15) is 58.2 Å². The molecule has 2 heteroatoms. The van der Waals surface area contributed by atoms with E-state index in [-0.39, 0.29) is 22.7 Å². The van der Waals surface area contributed by atoms with Crippen molar-refractivity contribution in [2.45, 2.75) is 53.1 Å². The van der Waals surface area contributed by atoms with Gasteiger partial charge in [-0.15, -0.1) is 0 Å². The van der Waals surface area contributed by atoms with Gasteiger partial charge in [-0.3, -0.25) is 4.79 Å². The molecular formula is C24H26O2. The summed E-state index contributed by atoms with van der Waals surface area (Å²) in [5, 5.41) is 2.21. The van der Waals surface area contributed by atoms with Crippen molar-refractivity contribution in [2.75, 3.05) is 0 Å². The Morgan fingerprint density at radius 1 is 1.12 bits per heavy atom. The van der Waals surface area contributed by atoms with Crippen LogP contribution in [0.25, 0.3) is 22.1 Å². The van der Waals surface area contributed by atoms with E-state index in [0.29, 0.717) is 5.57 Å². The molecule has 0 fully saturated rings. The van der Waals surface area contributed by atoms with Gasteiger partial charge in [-0.05, 0) is 40.8 Å². The first-order valence-electron chi connectivity index (χ1n) is 9.26. The third-order valence-corrected chi connectivity index (χ3v) is 6.12. The van der Waals surface area contributed by atoms with Gasteiger partial charge >= 0.3 is 0 Å². The second-order valence-corrected chi connectivity index (χ2v) is 9.17. The molecule has 1 atom stereocenters. The smallest absolute Gasteiger partial charge is 0.193 e. The van der Waals surface area contributed by atoms with Gasteiger partial charge in [0.2, 0.25) is 0 Å². The summed E-state index contributed by atoms with van der Waals surface area (Å²) in [5.41, 5.74) is 4.27. The summed E-state index contributed by atoms with van der Waals surface area (Å²) in [6.07, 6.45) is -0.0354. The van der Waals surface area contributed by atoms with E-state index in [0.717, 1.165) is 33.2 Å². The van der Waals surface area contributed by atoms with E-state index in [4.69, 9.17) is 4.74 Å². The minimum absolute atomic E-state index is 0.0236. The maximum absolute atomic E-state index is 13.2. The lowest BCUT2D eigenvalue weighted by molar-refractivity contribution is -0.111. The molecule has 1 aliphatic carbocycles. The zero-order chi connectivity index (χ0) is 19.0. The average molecular weight is 346 g/mol. The van der Waals surface area contributed by atoms with E-state index >= 15 is 0 Å². The standard InChI is InChI=1S/C24H26O2/c1-13-19-17(22-20(21(13)25)24(6,7)14(2)26-22)11-9-15-8-10-16(12-18(15)19)23(3,4)5/h8-12,14H,1H2,2-7H3. The molecule has 4 rings (SSSR count). The lowest BCUT2D eigenvalue weighted by Gasteiger charge is -2.27. The Kier molecular flexibility index (Phi) is 3.35. The van der Waals surface area contributed by atoms with Gasteiger partial charge in [0.05, 0.1) is 5.57 Å². The number of carbonyl (C=O) groups excluding carboxylic acids is 1.